The highest BCUT2D eigenvalue weighted by atomic mass is 16.5. The fraction of sp³-hybridized carbons (Fsp3) is 0.348. The summed E-state index contributed by atoms with van der Waals surface area (Å²) in [6, 6.07) is 17.4. The molecule has 0 radical (unpaired) electrons. The summed E-state index contributed by atoms with van der Waals surface area (Å²) in [4.78, 5) is 4.45. The SMILES string of the molecule is NC(=NCCCc1nnc2n1CCCCC2)Nc1cccc(Oc2ccccc2)c1. The monoisotopic (exact) mass is 404 g/mol. The number of rotatable bonds is 7. The van der Waals surface area contributed by atoms with Crippen molar-refractivity contribution in [2.24, 2.45) is 10.7 Å². The molecule has 0 saturated heterocycles. The van der Waals surface area contributed by atoms with E-state index in [1.54, 1.807) is 0 Å². The van der Waals surface area contributed by atoms with Gasteiger partial charge in [-0.2, -0.15) is 0 Å². The molecule has 0 bridgehead atoms. The van der Waals surface area contributed by atoms with Crippen LogP contribution in [0, 0.1) is 0 Å². The number of aliphatic imine (C=N–C) groups is 1. The Morgan fingerprint density at radius 2 is 1.90 bits per heavy atom. The van der Waals surface area contributed by atoms with Crippen molar-refractivity contribution >= 4 is 11.6 Å². The Hall–Kier alpha value is -3.35. The first kappa shape index (κ1) is 19.9. The van der Waals surface area contributed by atoms with Gasteiger partial charge >= 0.3 is 0 Å². The lowest BCUT2D eigenvalue weighted by Gasteiger charge is -2.09. The number of fused-ring (bicyclic) bond motifs is 1. The minimum absolute atomic E-state index is 0.395. The van der Waals surface area contributed by atoms with Crippen molar-refractivity contribution in [3.05, 3.63) is 66.2 Å². The zero-order chi connectivity index (χ0) is 20.6. The van der Waals surface area contributed by atoms with Crippen molar-refractivity contribution in [1.82, 2.24) is 14.8 Å². The molecule has 0 fully saturated rings. The highest BCUT2D eigenvalue weighted by Gasteiger charge is 2.13. The maximum atomic E-state index is 6.06. The molecule has 1 aliphatic heterocycles. The first-order valence-electron chi connectivity index (χ1n) is 10.6. The molecule has 0 aliphatic carbocycles. The molecular formula is C23H28N6O. The molecule has 1 aliphatic rings. The molecule has 1 aromatic heterocycles. The van der Waals surface area contributed by atoms with Gasteiger partial charge in [-0.1, -0.05) is 30.7 Å². The molecule has 4 rings (SSSR count). The lowest BCUT2D eigenvalue weighted by Crippen LogP contribution is -2.22. The van der Waals surface area contributed by atoms with Crippen LogP contribution in [0.15, 0.2) is 59.6 Å². The van der Waals surface area contributed by atoms with E-state index in [9.17, 15) is 0 Å². The third-order valence-corrected chi connectivity index (χ3v) is 5.11. The quantitative estimate of drug-likeness (QED) is 0.351. The van der Waals surface area contributed by atoms with Crippen LogP contribution in [0.2, 0.25) is 0 Å². The van der Waals surface area contributed by atoms with Crippen molar-refractivity contribution in [3.63, 3.8) is 0 Å². The molecule has 0 saturated carbocycles. The van der Waals surface area contributed by atoms with E-state index in [0.29, 0.717) is 12.5 Å². The number of benzene rings is 2. The van der Waals surface area contributed by atoms with Gasteiger partial charge in [-0.3, -0.25) is 4.99 Å². The van der Waals surface area contributed by atoms with E-state index in [-0.39, 0.29) is 0 Å². The van der Waals surface area contributed by atoms with Gasteiger partial charge in [0.2, 0.25) is 0 Å². The second kappa shape index (κ2) is 9.91. The van der Waals surface area contributed by atoms with Crippen molar-refractivity contribution in [2.75, 3.05) is 11.9 Å². The summed E-state index contributed by atoms with van der Waals surface area (Å²) in [5, 5.41) is 11.9. The average molecular weight is 405 g/mol. The van der Waals surface area contributed by atoms with Gasteiger partial charge in [0.25, 0.3) is 0 Å². The van der Waals surface area contributed by atoms with Crippen LogP contribution in [-0.4, -0.2) is 27.3 Å². The molecule has 2 heterocycles. The maximum absolute atomic E-state index is 6.06. The number of hydrogen-bond donors (Lipinski definition) is 2. The van der Waals surface area contributed by atoms with E-state index in [2.05, 4.69) is 25.1 Å². The number of nitrogens with zero attached hydrogens (tertiary/aromatic N) is 4. The van der Waals surface area contributed by atoms with Crippen LogP contribution in [-0.2, 0) is 19.4 Å². The smallest absolute Gasteiger partial charge is 0.193 e. The van der Waals surface area contributed by atoms with Gasteiger partial charge in [-0.05, 0) is 43.5 Å². The molecule has 0 atom stereocenters. The molecule has 0 spiro atoms. The number of aromatic nitrogens is 3. The van der Waals surface area contributed by atoms with E-state index < -0.39 is 0 Å². The Kier molecular flexibility index (Phi) is 6.59. The molecule has 3 N–H and O–H groups in total. The van der Waals surface area contributed by atoms with Crippen LogP contribution in [0.1, 0.15) is 37.3 Å². The molecule has 7 nitrogen and oxygen atoms in total. The second-order valence-electron chi connectivity index (χ2n) is 7.43. The summed E-state index contributed by atoms with van der Waals surface area (Å²) in [6.45, 7) is 1.67. The highest BCUT2D eigenvalue weighted by molar-refractivity contribution is 5.92. The Bertz CT molecular complexity index is 982. The molecule has 3 aromatic rings. The van der Waals surface area contributed by atoms with Gasteiger partial charge in [0.1, 0.15) is 23.1 Å². The zero-order valence-corrected chi connectivity index (χ0v) is 17.1. The first-order valence-corrected chi connectivity index (χ1v) is 10.6. The van der Waals surface area contributed by atoms with Crippen LogP contribution in [0.4, 0.5) is 5.69 Å². The first-order chi connectivity index (χ1) is 14.8. The predicted molar refractivity (Wildman–Crippen MR) is 119 cm³/mol. The molecule has 2 aromatic carbocycles. The number of guanidine groups is 1. The standard InChI is InChI=1S/C23H28N6O/c24-23(25-15-8-14-22-28-27-21-13-5-2-6-16-29(21)22)26-18-9-7-12-20(17-18)30-19-10-3-1-4-11-19/h1,3-4,7,9-12,17H,2,5-6,8,13-16H2,(H3,24,25,26). The minimum Gasteiger partial charge on any atom is -0.457 e. The number of ether oxygens (including phenoxy) is 1. The Labute approximate surface area is 177 Å². The van der Waals surface area contributed by atoms with Crippen molar-refractivity contribution in [2.45, 2.75) is 45.1 Å². The summed E-state index contributed by atoms with van der Waals surface area (Å²) in [7, 11) is 0. The van der Waals surface area contributed by atoms with E-state index >= 15 is 0 Å². The Balaban J connectivity index is 1.28. The highest BCUT2D eigenvalue weighted by Crippen LogP contribution is 2.23. The van der Waals surface area contributed by atoms with Gasteiger partial charge in [-0.25, -0.2) is 0 Å². The zero-order valence-electron chi connectivity index (χ0n) is 17.1. The molecule has 0 unspecified atom stereocenters. The van der Waals surface area contributed by atoms with Crippen LogP contribution in [0.3, 0.4) is 0 Å². The van der Waals surface area contributed by atoms with Crippen molar-refractivity contribution < 1.29 is 4.74 Å². The third kappa shape index (κ3) is 5.37. The van der Waals surface area contributed by atoms with Gasteiger partial charge in [0, 0.05) is 37.7 Å². The average Bonchev–Trinajstić information content (AvgIpc) is 2.98. The van der Waals surface area contributed by atoms with Crippen LogP contribution < -0.4 is 15.8 Å². The van der Waals surface area contributed by atoms with Crippen LogP contribution in [0.5, 0.6) is 11.5 Å². The summed E-state index contributed by atoms with van der Waals surface area (Å²) in [5.41, 5.74) is 6.90. The molecule has 156 valence electrons. The summed E-state index contributed by atoms with van der Waals surface area (Å²) in [6.07, 6.45) is 6.48. The lowest BCUT2D eigenvalue weighted by atomic mass is 10.2. The number of hydrogen-bond acceptors (Lipinski definition) is 4. The van der Waals surface area contributed by atoms with Crippen molar-refractivity contribution in [3.8, 4) is 11.5 Å². The molecule has 7 heteroatoms. The summed E-state index contributed by atoms with van der Waals surface area (Å²) in [5.74, 6) is 4.13. The van der Waals surface area contributed by atoms with Gasteiger partial charge in [0.15, 0.2) is 5.96 Å². The summed E-state index contributed by atoms with van der Waals surface area (Å²) < 4.78 is 8.15. The van der Waals surface area contributed by atoms with Crippen LogP contribution in [0.25, 0.3) is 0 Å². The Morgan fingerprint density at radius 3 is 2.80 bits per heavy atom. The number of anilines is 1. The minimum atomic E-state index is 0.395. The van der Waals surface area contributed by atoms with Crippen LogP contribution >= 0.6 is 0 Å². The normalized spacial score (nSPS) is 14.1. The molecular weight excluding hydrogens is 376 g/mol. The number of nitrogens with one attached hydrogen (secondary N) is 1. The number of para-hydroxylation sites is 1. The largest absolute Gasteiger partial charge is 0.457 e. The van der Waals surface area contributed by atoms with Crippen molar-refractivity contribution in [1.29, 1.82) is 0 Å². The van der Waals surface area contributed by atoms with E-state index in [1.807, 2.05) is 54.6 Å². The van der Waals surface area contributed by atoms with Gasteiger partial charge in [0.05, 0.1) is 0 Å². The fourth-order valence-electron chi connectivity index (χ4n) is 3.62. The molecule has 0 amide bonds. The predicted octanol–water partition coefficient (Wildman–Crippen LogP) is 4.16. The Morgan fingerprint density at radius 1 is 1.03 bits per heavy atom. The third-order valence-electron chi connectivity index (χ3n) is 5.11. The lowest BCUT2D eigenvalue weighted by molar-refractivity contribution is 0.483. The molecule has 30 heavy (non-hydrogen) atoms. The van der Waals surface area contributed by atoms with Gasteiger partial charge < -0.3 is 20.4 Å². The van der Waals surface area contributed by atoms with E-state index in [4.69, 9.17) is 10.5 Å². The maximum Gasteiger partial charge on any atom is 0.193 e. The van der Waals surface area contributed by atoms with E-state index in [1.165, 1.54) is 19.3 Å². The van der Waals surface area contributed by atoms with Gasteiger partial charge in [-0.15, -0.1) is 10.2 Å². The second-order valence-corrected chi connectivity index (χ2v) is 7.43. The topological polar surface area (TPSA) is 90.4 Å². The fourth-order valence-corrected chi connectivity index (χ4v) is 3.62. The number of nitrogens with two attached hydrogens (primary N) is 1. The summed E-state index contributed by atoms with van der Waals surface area (Å²) >= 11 is 0. The van der Waals surface area contributed by atoms with E-state index in [0.717, 1.165) is 54.6 Å². The number of aryl methyl sites for hydroxylation is 2.